The van der Waals surface area contributed by atoms with Gasteiger partial charge in [-0.2, -0.15) is 0 Å². The Kier molecular flexibility index (Phi) is 3.37. The average Bonchev–Trinajstić information content (AvgIpc) is 2.09. The van der Waals surface area contributed by atoms with Crippen molar-refractivity contribution in [3.8, 4) is 0 Å². The summed E-state index contributed by atoms with van der Waals surface area (Å²) in [7, 11) is 0. The van der Waals surface area contributed by atoms with Crippen LogP contribution in [0.1, 0.15) is 18.9 Å². The maximum Gasteiger partial charge on any atom is 0.0458 e. The second kappa shape index (κ2) is 4.17. The van der Waals surface area contributed by atoms with Gasteiger partial charge in [-0.25, -0.2) is 0 Å². The number of nitrogens with two attached hydrogens (primary N) is 2. The Morgan fingerprint density at radius 3 is 2.71 bits per heavy atom. The normalized spacial score (nSPS) is 15.1. The Balaban J connectivity index is 3.10. The summed E-state index contributed by atoms with van der Waals surface area (Å²) in [5.74, 6) is 0. The van der Waals surface area contributed by atoms with Crippen molar-refractivity contribution in [2.24, 2.45) is 5.73 Å². The highest BCUT2D eigenvalue weighted by Gasteiger charge is 2.23. The summed E-state index contributed by atoms with van der Waals surface area (Å²) in [6.45, 7) is 1.85. The number of nitrogen functional groups attached to an aromatic ring is 1. The minimum absolute atomic E-state index is 0.0259. The number of hydrogen-bond acceptors (Lipinski definition) is 3. The van der Waals surface area contributed by atoms with Crippen LogP contribution in [-0.2, 0) is 5.54 Å². The molecule has 0 saturated heterocycles. The second-order valence-corrected chi connectivity index (χ2v) is 4.04. The van der Waals surface area contributed by atoms with Crippen LogP contribution in [0.3, 0.4) is 0 Å². The zero-order chi connectivity index (χ0) is 10.8. The molecule has 1 atom stereocenters. The first-order valence-electron chi connectivity index (χ1n) is 4.42. The maximum atomic E-state index is 8.87. The monoisotopic (exact) mass is 214 g/mol. The van der Waals surface area contributed by atoms with E-state index in [2.05, 4.69) is 0 Å². The fraction of sp³-hybridized carbons (Fsp3) is 0.400. The number of hydrogen-bond donors (Lipinski definition) is 3. The average molecular weight is 215 g/mol. The highest BCUT2D eigenvalue weighted by molar-refractivity contribution is 6.31. The Morgan fingerprint density at radius 1 is 1.50 bits per heavy atom. The van der Waals surface area contributed by atoms with E-state index in [1.807, 2.05) is 6.92 Å². The minimum Gasteiger partial charge on any atom is -0.399 e. The molecular formula is C10H15ClN2O. The van der Waals surface area contributed by atoms with Gasteiger partial charge in [-0.1, -0.05) is 11.6 Å². The third kappa shape index (κ3) is 2.38. The molecule has 0 heterocycles. The van der Waals surface area contributed by atoms with Crippen LogP contribution >= 0.6 is 11.6 Å². The van der Waals surface area contributed by atoms with Gasteiger partial charge in [-0.05, 0) is 37.1 Å². The fourth-order valence-corrected chi connectivity index (χ4v) is 1.68. The molecule has 0 bridgehead atoms. The summed E-state index contributed by atoms with van der Waals surface area (Å²) in [6, 6.07) is 5.19. The second-order valence-electron chi connectivity index (χ2n) is 3.63. The van der Waals surface area contributed by atoms with Crippen LogP contribution in [0.25, 0.3) is 0 Å². The van der Waals surface area contributed by atoms with Gasteiger partial charge in [0.2, 0.25) is 0 Å². The van der Waals surface area contributed by atoms with E-state index in [9.17, 15) is 0 Å². The van der Waals surface area contributed by atoms with Crippen LogP contribution in [0.2, 0.25) is 5.02 Å². The molecule has 1 unspecified atom stereocenters. The molecule has 5 N–H and O–H groups in total. The molecule has 14 heavy (non-hydrogen) atoms. The van der Waals surface area contributed by atoms with Crippen molar-refractivity contribution in [3.05, 3.63) is 28.8 Å². The highest BCUT2D eigenvalue weighted by Crippen LogP contribution is 2.29. The van der Waals surface area contributed by atoms with Gasteiger partial charge in [0.25, 0.3) is 0 Å². The van der Waals surface area contributed by atoms with Crippen molar-refractivity contribution < 1.29 is 5.11 Å². The molecule has 0 aliphatic heterocycles. The molecule has 0 radical (unpaired) electrons. The topological polar surface area (TPSA) is 72.3 Å². The first kappa shape index (κ1) is 11.3. The van der Waals surface area contributed by atoms with E-state index < -0.39 is 5.54 Å². The van der Waals surface area contributed by atoms with Gasteiger partial charge in [0, 0.05) is 22.9 Å². The van der Waals surface area contributed by atoms with E-state index >= 15 is 0 Å². The van der Waals surface area contributed by atoms with Crippen molar-refractivity contribution in [2.75, 3.05) is 12.3 Å². The molecule has 0 saturated carbocycles. The van der Waals surface area contributed by atoms with Crippen molar-refractivity contribution in [1.82, 2.24) is 0 Å². The van der Waals surface area contributed by atoms with Gasteiger partial charge >= 0.3 is 0 Å². The lowest BCUT2D eigenvalue weighted by atomic mass is 9.90. The number of anilines is 1. The Labute approximate surface area is 88.7 Å². The predicted octanol–water partition coefficient (Wildman–Crippen LogP) is 1.48. The molecule has 0 spiro atoms. The summed E-state index contributed by atoms with van der Waals surface area (Å²) in [5, 5.41) is 9.45. The SMILES string of the molecule is CC(N)(CCO)c1cc(N)ccc1Cl. The van der Waals surface area contributed by atoms with Gasteiger partial charge in [0.05, 0.1) is 0 Å². The van der Waals surface area contributed by atoms with Crippen molar-refractivity contribution >= 4 is 17.3 Å². The zero-order valence-electron chi connectivity index (χ0n) is 8.13. The van der Waals surface area contributed by atoms with Crippen LogP contribution in [0, 0.1) is 0 Å². The molecule has 1 aromatic rings. The van der Waals surface area contributed by atoms with Crippen LogP contribution in [-0.4, -0.2) is 11.7 Å². The summed E-state index contributed by atoms with van der Waals surface area (Å²) in [4.78, 5) is 0. The third-order valence-corrected chi connectivity index (χ3v) is 2.57. The molecule has 3 nitrogen and oxygen atoms in total. The van der Waals surface area contributed by atoms with Crippen LogP contribution < -0.4 is 11.5 Å². The van der Waals surface area contributed by atoms with Crippen molar-refractivity contribution in [3.63, 3.8) is 0 Å². The summed E-state index contributed by atoms with van der Waals surface area (Å²) < 4.78 is 0. The molecule has 0 amide bonds. The summed E-state index contributed by atoms with van der Waals surface area (Å²) >= 11 is 6.00. The van der Waals surface area contributed by atoms with Crippen molar-refractivity contribution in [1.29, 1.82) is 0 Å². The molecule has 0 aromatic heterocycles. The molecule has 78 valence electrons. The van der Waals surface area contributed by atoms with E-state index in [4.69, 9.17) is 28.2 Å². The number of aliphatic hydroxyl groups excluding tert-OH is 1. The Morgan fingerprint density at radius 2 is 2.14 bits per heavy atom. The largest absolute Gasteiger partial charge is 0.399 e. The van der Waals surface area contributed by atoms with E-state index in [0.29, 0.717) is 17.1 Å². The van der Waals surface area contributed by atoms with Gasteiger partial charge in [0.15, 0.2) is 0 Å². The number of benzene rings is 1. The fourth-order valence-electron chi connectivity index (χ4n) is 1.35. The quantitative estimate of drug-likeness (QED) is 0.668. The standard InChI is InChI=1S/C10H15ClN2O/c1-10(13,4-5-14)8-6-7(12)2-3-9(8)11/h2-3,6,14H,4-5,12-13H2,1H3. The number of halogens is 1. The van der Waals surface area contributed by atoms with Gasteiger partial charge < -0.3 is 16.6 Å². The zero-order valence-corrected chi connectivity index (χ0v) is 8.88. The number of rotatable bonds is 3. The Bertz CT molecular complexity index is 326. The molecule has 1 rings (SSSR count). The lowest BCUT2D eigenvalue weighted by Gasteiger charge is -2.25. The van der Waals surface area contributed by atoms with E-state index in [0.717, 1.165) is 5.56 Å². The first-order valence-corrected chi connectivity index (χ1v) is 4.80. The molecule has 0 aliphatic carbocycles. The molecule has 1 aromatic carbocycles. The van der Waals surface area contributed by atoms with Crippen LogP contribution in [0.5, 0.6) is 0 Å². The summed E-state index contributed by atoms with van der Waals surface area (Å²) in [6.07, 6.45) is 0.455. The lowest BCUT2D eigenvalue weighted by molar-refractivity contribution is 0.247. The molecule has 0 aliphatic rings. The third-order valence-electron chi connectivity index (χ3n) is 2.24. The van der Waals surface area contributed by atoms with Gasteiger partial charge in [-0.3, -0.25) is 0 Å². The van der Waals surface area contributed by atoms with E-state index in [1.165, 1.54) is 0 Å². The number of aliphatic hydroxyl groups is 1. The van der Waals surface area contributed by atoms with Crippen LogP contribution in [0.15, 0.2) is 18.2 Å². The highest BCUT2D eigenvalue weighted by atomic mass is 35.5. The molecule has 0 fully saturated rings. The predicted molar refractivity (Wildman–Crippen MR) is 59.1 cm³/mol. The Hall–Kier alpha value is -0.770. The van der Waals surface area contributed by atoms with Crippen LogP contribution in [0.4, 0.5) is 5.69 Å². The smallest absolute Gasteiger partial charge is 0.0458 e. The molecule has 4 heteroatoms. The van der Waals surface area contributed by atoms with E-state index in [-0.39, 0.29) is 6.61 Å². The van der Waals surface area contributed by atoms with Gasteiger partial charge in [-0.15, -0.1) is 0 Å². The molecular weight excluding hydrogens is 200 g/mol. The summed E-state index contributed by atoms with van der Waals surface area (Å²) in [5.41, 5.74) is 12.4. The maximum absolute atomic E-state index is 8.87. The minimum atomic E-state index is -0.638. The van der Waals surface area contributed by atoms with E-state index in [1.54, 1.807) is 18.2 Å². The first-order chi connectivity index (χ1) is 6.47. The van der Waals surface area contributed by atoms with Gasteiger partial charge in [0.1, 0.15) is 0 Å². The van der Waals surface area contributed by atoms with Crippen molar-refractivity contribution in [2.45, 2.75) is 18.9 Å². The lowest BCUT2D eigenvalue weighted by Crippen LogP contribution is -2.34.